The summed E-state index contributed by atoms with van der Waals surface area (Å²) in [6.45, 7) is 4.93. The van der Waals surface area contributed by atoms with Gasteiger partial charge in [-0.15, -0.1) is 0 Å². The molecule has 0 aliphatic heterocycles. The summed E-state index contributed by atoms with van der Waals surface area (Å²) >= 11 is 0. The average molecular weight is 445 g/mol. The zero-order chi connectivity index (χ0) is 21.5. The molecule has 0 N–H and O–H groups in total. The molecule has 29 heavy (non-hydrogen) atoms. The second-order valence-electron chi connectivity index (χ2n) is 7.29. The molecule has 0 unspecified atom stereocenters. The summed E-state index contributed by atoms with van der Waals surface area (Å²) in [5, 5.41) is 0. The largest absolute Gasteiger partial charge is 1.00 e. The maximum absolute atomic E-state index is 12.2. The molecule has 0 aliphatic rings. The smallest absolute Gasteiger partial charge is 0.747 e. The van der Waals surface area contributed by atoms with Crippen LogP contribution in [0.15, 0.2) is 0 Å². The van der Waals surface area contributed by atoms with E-state index in [9.17, 15) is 22.6 Å². The predicted octanol–water partition coefficient (Wildman–Crippen LogP) is 1.10. The maximum Gasteiger partial charge on any atom is 1.00 e. The van der Waals surface area contributed by atoms with E-state index in [1.165, 1.54) is 0 Å². The third-order valence-corrected chi connectivity index (χ3v) is 6.07. The second-order valence-corrected chi connectivity index (χ2v) is 9.02. The van der Waals surface area contributed by atoms with E-state index >= 15 is 0 Å². The molecule has 0 amide bonds. The fraction of sp³-hybridized carbons (Fsp3) is 0.900. The molecule has 0 aromatic carbocycles. The van der Waals surface area contributed by atoms with E-state index in [0.29, 0.717) is 12.8 Å². The van der Waals surface area contributed by atoms with E-state index in [1.807, 2.05) is 0 Å². The number of carbonyl (C=O) groups is 2. The zero-order valence-electron chi connectivity index (χ0n) is 18.7. The predicted molar refractivity (Wildman–Crippen MR) is 107 cm³/mol. The van der Waals surface area contributed by atoms with Gasteiger partial charge in [0.2, 0.25) is 0 Å². The normalized spacial score (nSPS) is 11.6. The molecule has 0 aliphatic carbocycles. The van der Waals surface area contributed by atoms with E-state index in [4.69, 9.17) is 9.47 Å². The monoisotopic (exact) mass is 444 g/mol. The number of esters is 2. The van der Waals surface area contributed by atoms with Gasteiger partial charge >= 0.3 is 41.5 Å². The van der Waals surface area contributed by atoms with Crippen molar-refractivity contribution in [2.75, 3.05) is 13.2 Å². The Bertz CT molecular complexity index is 519. The van der Waals surface area contributed by atoms with Gasteiger partial charge in [0, 0.05) is 0 Å². The molecule has 0 rings (SSSR count). The first-order valence-corrected chi connectivity index (χ1v) is 11.9. The maximum atomic E-state index is 12.2. The summed E-state index contributed by atoms with van der Waals surface area (Å²) in [6.07, 6.45) is 11.4. The SMILES string of the molecule is CCCCCCCCOC(=O)C(C)(C(=O)OCCCCCCCC)S(=O)(=O)[O-].[Na+]. The Balaban J connectivity index is 0. The summed E-state index contributed by atoms with van der Waals surface area (Å²) in [4.78, 5) is 24.4. The van der Waals surface area contributed by atoms with Crippen molar-refractivity contribution >= 4 is 22.1 Å². The molecule has 0 aromatic rings. The number of unbranched alkanes of at least 4 members (excludes halogenated alkanes) is 10. The molecule has 9 heteroatoms. The number of carbonyl (C=O) groups excluding carboxylic acids is 2. The van der Waals surface area contributed by atoms with Gasteiger partial charge in [-0.05, 0) is 19.8 Å². The van der Waals surface area contributed by atoms with Gasteiger partial charge in [-0.1, -0.05) is 78.1 Å². The third-order valence-electron chi connectivity index (χ3n) is 4.74. The summed E-state index contributed by atoms with van der Waals surface area (Å²) in [5.41, 5.74) is 0. The van der Waals surface area contributed by atoms with Gasteiger partial charge in [0.25, 0.3) is 4.75 Å². The molecule has 0 heterocycles. The zero-order valence-corrected chi connectivity index (χ0v) is 21.5. The minimum absolute atomic E-state index is 0. The van der Waals surface area contributed by atoms with Gasteiger partial charge in [0.05, 0.1) is 13.2 Å². The molecule has 0 radical (unpaired) electrons. The average Bonchev–Trinajstić information content (AvgIpc) is 2.64. The van der Waals surface area contributed by atoms with E-state index in [1.54, 1.807) is 0 Å². The van der Waals surface area contributed by atoms with Crippen LogP contribution in [0.1, 0.15) is 97.8 Å². The van der Waals surface area contributed by atoms with Gasteiger partial charge in [-0.25, -0.2) is 18.0 Å². The van der Waals surface area contributed by atoms with Crippen molar-refractivity contribution in [1.29, 1.82) is 0 Å². The summed E-state index contributed by atoms with van der Waals surface area (Å²) in [6, 6.07) is 0. The van der Waals surface area contributed by atoms with Crippen molar-refractivity contribution in [1.82, 2.24) is 0 Å². The van der Waals surface area contributed by atoms with Crippen molar-refractivity contribution in [3.8, 4) is 0 Å². The standard InChI is InChI=1S/C20H38O7S.Na/c1-4-6-8-10-12-14-16-26-18(21)20(3,28(23,24)25)19(22)27-17-15-13-11-9-7-5-2;/h4-17H2,1-3H3,(H,23,24,25);/q;+1/p-1. The van der Waals surface area contributed by atoms with Crippen LogP contribution in [-0.2, 0) is 29.2 Å². The van der Waals surface area contributed by atoms with E-state index in [0.717, 1.165) is 71.1 Å². The van der Waals surface area contributed by atoms with Crippen LogP contribution < -0.4 is 29.6 Å². The quantitative estimate of drug-likeness (QED) is 0.109. The van der Waals surface area contributed by atoms with Crippen molar-refractivity contribution in [3.05, 3.63) is 0 Å². The Morgan fingerprint density at radius 1 is 0.724 bits per heavy atom. The van der Waals surface area contributed by atoms with Crippen LogP contribution in [0, 0.1) is 0 Å². The third kappa shape index (κ3) is 12.3. The second kappa shape index (κ2) is 17.5. The first-order chi connectivity index (χ1) is 13.2. The fourth-order valence-electron chi connectivity index (χ4n) is 2.66. The van der Waals surface area contributed by atoms with Crippen LogP contribution in [0.4, 0.5) is 0 Å². The Kier molecular flexibility index (Phi) is 18.8. The van der Waals surface area contributed by atoms with Crippen molar-refractivity contribution in [2.45, 2.75) is 103 Å². The molecule has 0 saturated carbocycles. The van der Waals surface area contributed by atoms with E-state index < -0.39 is 26.8 Å². The molecule has 0 spiro atoms. The molecular weight excluding hydrogens is 407 g/mol. The van der Waals surface area contributed by atoms with Crippen LogP contribution in [0.2, 0.25) is 0 Å². The van der Waals surface area contributed by atoms with Crippen molar-refractivity contribution in [3.63, 3.8) is 0 Å². The fourth-order valence-corrected chi connectivity index (χ4v) is 3.18. The Morgan fingerprint density at radius 3 is 1.34 bits per heavy atom. The van der Waals surface area contributed by atoms with Gasteiger partial charge < -0.3 is 14.0 Å². The summed E-state index contributed by atoms with van der Waals surface area (Å²) < 4.78 is 41.7. The summed E-state index contributed by atoms with van der Waals surface area (Å²) in [5.74, 6) is -2.71. The van der Waals surface area contributed by atoms with E-state index in [-0.39, 0.29) is 42.8 Å². The molecular formula is C20H37NaO7S. The minimum atomic E-state index is -5.27. The van der Waals surface area contributed by atoms with Crippen LogP contribution >= 0.6 is 0 Å². The van der Waals surface area contributed by atoms with Gasteiger partial charge in [0.15, 0.2) is 0 Å². The molecule has 0 fully saturated rings. The number of hydrogen-bond acceptors (Lipinski definition) is 7. The number of rotatable bonds is 17. The minimum Gasteiger partial charge on any atom is -0.747 e. The topological polar surface area (TPSA) is 110 Å². The first-order valence-electron chi connectivity index (χ1n) is 10.5. The number of hydrogen-bond donors (Lipinski definition) is 0. The molecule has 0 aromatic heterocycles. The molecule has 0 saturated heterocycles. The molecule has 0 atom stereocenters. The van der Waals surface area contributed by atoms with E-state index in [2.05, 4.69) is 13.8 Å². The van der Waals surface area contributed by atoms with Crippen LogP contribution in [0.5, 0.6) is 0 Å². The Labute approximate surface area is 198 Å². The Morgan fingerprint density at radius 2 is 1.03 bits per heavy atom. The summed E-state index contributed by atoms with van der Waals surface area (Å²) in [7, 11) is -5.27. The van der Waals surface area contributed by atoms with Gasteiger partial charge in [0.1, 0.15) is 10.1 Å². The Hall–Kier alpha value is -0.150. The van der Waals surface area contributed by atoms with Crippen LogP contribution in [0.25, 0.3) is 0 Å². The van der Waals surface area contributed by atoms with Crippen LogP contribution in [0.3, 0.4) is 0 Å². The molecule has 0 bridgehead atoms. The van der Waals surface area contributed by atoms with Crippen molar-refractivity contribution in [2.24, 2.45) is 0 Å². The first kappa shape index (κ1) is 31.0. The van der Waals surface area contributed by atoms with Crippen LogP contribution in [-0.4, -0.2) is 42.9 Å². The van der Waals surface area contributed by atoms with Gasteiger partial charge in [-0.2, -0.15) is 0 Å². The van der Waals surface area contributed by atoms with Gasteiger partial charge in [-0.3, -0.25) is 0 Å². The van der Waals surface area contributed by atoms with Crippen molar-refractivity contribution < 1.29 is 61.6 Å². The number of ether oxygens (including phenoxy) is 2. The molecule has 166 valence electrons. The molecule has 7 nitrogen and oxygen atoms in total.